The van der Waals surface area contributed by atoms with Gasteiger partial charge in [0.2, 0.25) is 0 Å². The normalized spacial score (nSPS) is 9.88. The summed E-state index contributed by atoms with van der Waals surface area (Å²) in [5, 5.41) is 32.1. The molecule has 2 rings (SSSR count). The van der Waals surface area contributed by atoms with E-state index in [1.54, 1.807) is 20.8 Å². The number of hydrogen-bond acceptors (Lipinski definition) is 6. The predicted octanol–water partition coefficient (Wildman–Crippen LogP) is 3.11. The zero-order valence-electron chi connectivity index (χ0n) is 13.4. The second-order valence-electron chi connectivity index (χ2n) is 5.03. The van der Waals surface area contributed by atoms with Gasteiger partial charge in [-0.3, -0.25) is 20.2 Å². The van der Waals surface area contributed by atoms with Gasteiger partial charge in [0, 0.05) is 24.6 Å². The Morgan fingerprint density at radius 2 is 1.58 bits per heavy atom. The summed E-state index contributed by atoms with van der Waals surface area (Å²) in [4.78, 5) is 23.6. The smallest absolute Gasteiger partial charge is 0.336 e. The number of halogens is 1. The minimum atomic E-state index is -0.559. The van der Waals surface area contributed by atoms with Gasteiger partial charge in [-0.15, -0.1) is 0 Å². The first-order valence-electron chi connectivity index (χ1n) is 6.67. The van der Waals surface area contributed by atoms with Crippen LogP contribution in [0.1, 0.15) is 22.5 Å². The van der Waals surface area contributed by atoms with E-state index < -0.39 is 9.85 Å². The van der Waals surface area contributed by atoms with E-state index in [1.807, 2.05) is 0 Å². The molecule has 2 aromatic rings. The molecule has 2 heterocycles. The van der Waals surface area contributed by atoms with Crippen molar-refractivity contribution in [3.05, 3.63) is 71.4 Å². The van der Waals surface area contributed by atoms with Gasteiger partial charge in [0.05, 0.1) is 9.85 Å². The molecule has 24 heavy (non-hydrogen) atoms. The third kappa shape index (κ3) is 4.59. The van der Waals surface area contributed by atoms with Gasteiger partial charge in [0.25, 0.3) is 11.4 Å². The van der Waals surface area contributed by atoms with Crippen LogP contribution in [0.2, 0.25) is 5.15 Å². The van der Waals surface area contributed by atoms with E-state index in [-0.39, 0.29) is 17.1 Å². The van der Waals surface area contributed by atoms with Crippen LogP contribution in [0.4, 0.5) is 11.4 Å². The summed E-state index contributed by atoms with van der Waals surface area (Å²) in [5.41, 5.74) is 1.54. The van der Waals surface area contributed by atoms with Crippen molar-refractivity contribution in [2.24, 2.45) is 0 Å². The van der Waals surface area contributed by atoms with Crippen molar-refractivity contribution in [3.63, 3.8) is 0 Å². The molecule has 0 aliphatic rings. The summed E-state index contributed by atoms with van der Waals surface area (Å²) >= 11 is 5.66. The zero-order valence-corrected chi connectivity index (χ0v) is 14.2. The number of nitro groups is 2. The molecule has 10 heteroatoms. The molecule has 2 aromatic heterocycles. The molecule has 0 aliphatic heterocycles. The van der Waals surface area contributed by atoms with Gasteiger partial charge in [-0.05, 0) is 26.3 Å². The third-order valence-corrected chi connectivity index (χ3v) is 3.48. The first-order valence-corrected chi connectivity index (χ1v) is 7.05. The molecule has 0 aliphatic carbocycles. The number of nitrogens with zero attached hydrogens (tertiary/aromatic N) is 4. The van der Waals surface area contributed by atoms with E-state index in [0.717, 1.165) is 0 Å². The van der Waals surface area contributed by atoms with Crippen molar-refractivity contribution < 1.29 is 14.6 Å². The molecule has 0 bridgehead atoms. The van der Waals surface area contributed by atoms with Crippen molar-refractivity contribution in [3.8, 4) is 0 Å². The molecule has 0 saturated heterocycles. The summed E-state index contributed by atoms with van der Waals surface area (Å²) in [6, 6.07) is 2.80. The molecular weight excluding hydrogens is 340 g/mol. The largest absolute Gasteiger partial charge is 0.618 e. The summed E-state index contributed by atoms with van der Waals surface area (Å²) in [5.74, 6) is 0. The molecule has 128 valence electrons. The minimum Gasteiger partial charge on any atom is -0.618 e. The molecule has 0 atom stereocenters. The fourth-order valence-electron chi connectivity index (χ4n) is 1.78. The maximum atomic E-state index is 11.0. The molecule has 0 spiro atoms. The lowest BCUT2D eigenvalue weighted by atomic mass is 10.2. The van der Waals surface area contributed by atoms with Crippen LogP contribution < -0.4 is 4.73 Å². The van der Waals surface area contributed by atoms with Gasteiger partial charge < -0.3 is 5.21 Å². The van der Waals surface area contributed by atoms with Crippen molar-refractivity contribution >= 4 is 23.0 Å². The average Bonchev–Trinajstić information content (AvgIpc) is 2.46. The standard InChI is InChI=1S/C7H7ClN2O2.C7H8N2O3/c1-4-3-6(10(11)12)5(2)9-7(4)8;1-5-3-7(9(11)12)6(2)8(10)4-5/h3H,1-2H3;3-4H,1-2H3. The maximum Gasteiger partial charge on any atom is 0.336 e. The summed E-state index contributed by atoms with van der Waals surface area (Å²) in [7, 11) is 0. The highest BCUT2D eigenvalue weighted by molar-refractivity contribution is 6.30. The van der Waals surface area contributed by atoms with Crippen LogP contribution in [-0.4, -0.2) is 14.8 Å². The van der Waals surface area contributed by atoms with Gasteiger partial charge >= 0.3 is 5.69 Å². The van der Waals surface area contributed by atoms with E-state index in [4.69, 9.17) is 11.6 Å². The molecule has 0 amide bonds. The highest BCUT2D eigenvalue weighted by atomic mass is 35.5. The molecule has 0 radical (unpaired) electrons. The molecule has 9 nitrogen and oxygen atoms in total. The number of aryl methyl sites for hydroxylation is 3. The topological polar surface area (TPSA) is 126 Å². The number of rotatable bonds is 2. The Morgan fingerprint density at radius 3 is 2.08 bits per heavy atom. The first kappa shape index (κ1) is 19.2. The zero-order chi connectivity index (χ0) is 18.6. The lowest BCUT2D eigenvalue weighted by molar-refractivity contribution is -0.617. The number of aromatic nitrogens is 2. The van der Waals surface area contributed by atoms with E-state index in [2.05, 4.69) is 4.98 Å². The van der Waals surface area contributed by atoms with Crippen LogP contribution in [0.3, 0.4) is 0 Å². The average molecular weight is 355 g/mol. The fraction of sp³-hybridized carbons (Fsp3) is 0.286. The maximum absolute atomic E-state index is 11.0. The van der Waals surface area contributed by atoms with Gasteiger partial charge in [-0.25, -0.2) is 4.98 Å². The van der Waals surface area contributed by atoms with Crippen LogP contribution in [0.15, 0.2) is 18.3 Å². The van der Waals surface area contributed by atoms with Crippen molar-refractivity contribution in [2.75, 3.05) is 0 Å². The lowest BCUT2D eigenvalue weighted by Crippen LogP contribution is -2.30. The SMILES string of the molecule is Cc1cc([N+](=O)[O-])c(C)[n+]([O-])c1.Cc1cc([N+](=O)[O-])c(C)nc1Cl. The Balaban J connectivity index is 0.000000240. The van der Waals surface area contributed by atoms with Gasteiger partial charge in [0.1, 0.15) is 10.8 Å². The Kier molecular flexibility index (Phi) is 6.13. The van der Waals surface area contributed by atoms with Crippen LogP contribution in [-0.2, 0) is 0 Å². The number of hydrogen-bond donors (Lipinski definition) is 0. The first-order chi connectivity index (χ1) is 11.0. The third-order valence-electron chi connectivity index (χ3n) is 3.10. The van der Waals surface area contributed by atoms with E-state index in [0.29, 0.717) is 26.7 Å². The molecular formula is C14H15ClN4O5. The minimum absolute atomic E-state index is 0.0110. The Hall–Kier alpha value is -2.81. The Morgan fingerprint density at radius 1 is 1.04 bits per heavy atom. The number of pyridine rings is 2. The van der Waals surface area contributed by atoms with Crippen LogP contribution in [0.5, 0.6) is 0 Å². The van der Waals surface area contributed by atoms with Gasteiger partial charge in [0.15, 0.2) is 6.20 Å². The van der Waals surface area contributed by atoms with E-state index >= 15 is 0 Å². The second kappa shape index (κ2) is 7.64. The van der Waals surface area contributed by atoms with Gasteiger partial charge in [-0.1, -0.05) is 11.6 Å². The lowest BCUT2D eigenvalue weighted by Gasteiger charge is -2.01. The van der Waals surface area contributed by atoms with Gasteiger partial charge in [-0.2, -0.15) is 4.73 Å². The fourth-order valence-corrected chi connectivity index (χ4v) is 1.96. The van der Waals surface area contributed by atoms with Crippen molar-refractivity contribution in [1.82, 2.24) is 4.98 Å². The summed E-state index contributed by atoms with van der Waals surface area (Å²) in [6.07, 6.45) is 1.31. The Bertz CT molecular complexity index is 810. The molecule has 0 saturated carbocycles. The van der Waals surface area contributed by atoms with Crippen LogP contribution in [0.25, 0.3) is 0 Å². The monoisotopic (exact) mass is 354 g/mol. The quantitative estimate of drug-likeness (QED) is 0.268. The molecule has 0 aromatic carbocycles. The predicted molar refractivity (Wildman–Crippen MR) is 86.9 cm³/mol. The second-order valence-corrected chi connectivity index (χ2v) is 5.39. The van der Waals surface area contributed by atoms with Crippen molar-refractivity contribution in [1.29, 1.82) is 0 Å². The van der Waals surface area contributed by atoms with Crippen LogP contribution >= 0.6 is 11.6 Å². The Labute approximate surface area is 142 Å². The summed E-state index contributed by atoms with van der Waals surface area (Å²) in [6.45, 7) is 6.30. The highest BCUT2D eigenvalue weighted by Crippen LogP contribution is 2.21. The van der Waals surface area contributed by atoms with Crippen molar-refractivity contribution in [2.45, 2.75) is 27.7 Å². The van der Waals surface area contributed by atoms with E-state index in [9.17, 15) is 25.4 Å². The van der Waals surface area contributed by atoms with Crippen LogP contribution in [0, 0.1) is 53.1 Å². The highest BCUT2D eigenvalue weighted by Gasteiger charge is 2.18. The molecule has 0 unspecified atom stereocenters. The molecule has 0 N–H and O–H groups in total. The summed E-state index contributed by atoms with van der Waals surface area (Å²) < 4.78 is 0.507. The van der Waals surface area contributed by atoms with E-state index in [1.165, 1.54) is 25.3 Å². The molecule has 0 fully saturated rings.